The summed E-state index contributed by atoms with van der Waals surface area (Å²) in [5.41, 5.74) is 3.84. The van der Waals surface area contributed by atoms with Crippen LogP contribution in [0.25, 0.3) is 0 Å². The third-order valence-electron chi connectivity index (χ3n) is 3.48. The summed E-state index contributed by atoms with van der Waals surface area (Å²) in [5.74, 6) is 1.01. The molecule has 2 aromatic carbocycles. The Morgan fingerprint density at radius 1 is 1.16 bits per heavy atom. The molecule has 8 nitrogen and oxygen atoms in total. The van der Waals surface area contributed by atoms with Crippen LogP contribution in [-0.2, 0) is 11.2 Å². The van der Waals surface area contributed by atoms with Crippen LogP contribution in [0.15, 0.2) is 47.6 Å². The van der Waals surface area contributed by atoms with Crippen molar-refractivity contribution in [1.82, 2.24) is 5.43 Å². The van der Waals surface area contributed by atoms with Crippen LogP contribution >= 0.6 is 0 Å². The van der Waals surface area contributed by atoms with E-state index < -0.39 is 4.92 Å². The lowest BCUT2D eigenvalue weighted by molar-refractivity contribution is -0.384. The van der Waals surface area contributed by atoms with Gasteiger partial charge in [0.25, 0.3) is 5.69 Å². The van der Waals surface area contributed by atoms with Gasteiger partial charge in [-0.2, -0.15) is 5.10 Å². The number of benzene rings is 2. The third kappa shape index (κ3) is 4.31. The Morgan fingerprint density at radius 3 is 2.60 bits per heavy atom. The van der Waals surface area contributed by atoms with Crippen LogP contribution in [0, 0.1) is 10.1 Å². The summed E-state index contributed by atoms with van der Waals surface area (Å²) < 4.78 is 10.9. The number of carbonyl (C=O) groups is 1. The summed E-state index contributed by atoms with van der Waals surface area (Å²) in [4.78, 5) is 22.0. The Morgan fingerprint density at radius 2 is 1.88 bits per heavy atom. The molecule has 2 aromatic rings. The van der Waals surface area contributed by atoms with Gasteiger partial charge in [0.2, 0.25) is 5.91 Å². The highest BCUT2D eigenvalue weighted by molar-refractivity contribution is 5.84. The minimum absolute atomic E-state index is 0.0132. The molecule has 0 saturated heterocycles. The van der Waals surface area contributed by atoms with Crippen LogP contribution in [0.3, 0.4) is 0 Å². The molecule has 0 saturated carbocycles. The van der Waals surface area contributed by atoms with Gasteiger partial charge in [0.1, 0.15) is 13.2 Å². The summed E-state index contributed by atoms with van der Waals surface area (Å²) in [7, 11) is 0. The van der Waals surface area contributed by atoms with E-state index in [1.54, 1.807) is 30.3 Å². The average Bonchev–Trinajstić information content (AvgIpc) is 2.62. The molecule has 0 radical (unpaired) electrons. The second-order valence-corrected chi connectivity index (χ2v) is 5.30. The first kappa shape index (κ1) is 16.4. The van der Waals surface area contributed by atoms with Gasteiger partial charge >= 0.3 is 0 Å². The van der Waals surface area contributed by atoms with Crippen LogP contribution in [0.5, 0.6) is 11.5 Å². The molecule has 1 heterocycles. The van der Waals surface area contributed by atoms with Crippen molar-refractivity contribution in [3.05, 3.63) is 63.7 Å². The number of nitrogens with zero attached hydrogens (tertiary/aromatic N) is 2. The van der Waals surface area contributed by atoms with Gasteiger partial charge in [0.05, 0.1) is 17.6 Å². The first-order valence-corrected chi connectivity index (χ1v) is 7.57. The molecule has 1 N–H and O–H groups in total. The van der Waals surface area contributed by atoms with Crippen molar-refractivity contribution in [2.24, 2.45) is 5.10 Å². The van der Waals surface area contributed by atoms with E-state index in [-0.39, 0.29) is 18.0 Å². The van der Waals surface area contributed by atoms with Crippen LogP contribution in [0.1, 0.15) is 11.1 Å². The van der Waals surface area contributed by atoms with E-state index in [4.69, 9.17) is 9.47 Å². The summed E-state index contributed by atoms with van der Waals surface area (Å²) in [6.45, 7) is 1.03. The number of ether oxygens (including phenoxy) is 2. The zero-order valence-electron chi connectivity index (χ0n) is 13.2. The minimum Gasteiger partial charge on any atom is -0.486 e. The fourth-order valence-electron chi connectivity index (χ4n) is 2.28. The predicted octanol–water partition coefficient (Wildman–Crippen LogP) is 2.06. The van der Waals surface area contributed by atoms with Crippen LogP contribution < -0.4 is 14.9 Å². The number of amides is 1. The Labute approximate surface area is 143 Å². The van der Waals surface area contributed by atoms with E-state index in [2.05, 4.69) is 10.5 Å². The molecule has 1 aliphatic rings. The van der Waals surface area contributed by atoms with Crippen LogP contribution in [0.4, 0.5) is 5.69 Å². The maximum atomic E-state index is 11.9. The molecule has 0 bridgehead atoms. The number of nitro groups is 1. The van der Waals surface area contributed by atoms with Crippen molar-refractivity contribution in [2.75, 3.05) is 13.2 Å². The van der Waals surface area contributed by atoms with Gasteiger partial charge in [0, 0.05) is 12.1 Å². The van der Waals surface area contributed by atoms with E-state index in [0.717, 1.165) is 5.56 Å². The SMILES string of the molecule is O=C(Cc1ccc([N+](=O)[O-])cc1)NN=Cc1ccc2c(c1)OCCO2. The van der Waals surface area contributed by atoms with Crippen LogP contribution in [0.2, 0.25) is 0 Å². The maximum Gasteiger partial charge on any atom is 0.269 e. The summed E-state index contributed by atoms with van der Waals surface area (Å²) in [6, 6.07) is 11.2. The van der Waals surface area contributed by atoms with Crippen molar-refractivity contribution >= 4 is 17.8 Å². The minimum atomic E-state index is -0.485. The maximum absolute atomic E-state index is 11.9. The van der Waals surface area contributed by atoms with Crippen molar-refractivity contribution in [3.63, 3.8) is 0 Å². The molecule has 0 aliphatic carbocycles. The molecule has 1 amide bonds. The highest BCUT2D eigenvalue weighted by Gasteiger charge is 2.11. The van der Waals surface area contributed by atoms with E-state index in [0.29, 0.717) is 30.3 Å². The standard InChI is InChI=1S/C17H15N3O5/c21-17(10-12-1-4-14(5-2-12)20(22)23)19-18-11-13-3-6-15-16(9-13)25-8-7-24-15/h1-6,9,11H,7-8,10H2,(H,19,21). The van der Waals surface area contributed by atoms with E-state index in [9.17, 15) is 14.9 Å². The van der Waals surface area contributed by atoms with E-state index in [1.165, 1.54) is 18.3 Å². The van der Waals surface area contributed by atoms with Gasteiger partial charge in [-0.25, -0.2) is 5.43 Å². The molecule has 3 rings (SSSR count). The van der Waals surface area contributed by atoms with Gasteiger partial charge < -0.3 is 9.47 Å². The molecular weight excluding hydrogens is 326 g/mol. The number of nitro benzene ring substituents is 1. The van der Waals surface area contributed by atoms with E-state index >= 15 is 0 Å². The normalized spacial score (nSPS) is 12.8. The van der Waals surface area contributed by atoms with Gasteiger partial charge in [-0.15, -0.1) is 0 Å². The lowest BCUT2D eigenvalue weighted by atomic mass is 10.1. The third-order valence-corrected chi connectivity index (χ3v) is 3.48. The van der Waals surface area contributed by atoms with Crippen molar-refractivity contribution in [3.8, 4) is 11.5 Å². The lowest BCUT2D eigenvalue weighted by Crippen LogP contribution is -2.19. The second kappa shape index (κ2) is 7.43. The monoisotopic (exact) mass is 341 g/mol. The Hall–Kier alpha value is -3.42. The van der Waals surface area contributed by atoms with Gasteiger partial charge in [-0.05, 0) is 29.3 Å². The number of nitrogens with one attached hydrogen (secondary N) is 1. The van der Waals surface area contributed by atoms with Crippen molar-refractivity contribution in [2.45, 2.75) is 6.42 Å². The Bertz CT molecular complexity index is 818. The van der Waals surface area contributed by atoms with Crippen molar-refractivity contribution in [1.29, 1.82) is 0 Å². The Balaban J connectivity index is 1.54. The molecule has 25 heavy (non-hydrogen) atoms. The quantitative estimate of drug-likeness (QED) is 0.509. The molecule has 128 valence electrons. The number of hydrogen-bond acceptors (Lipinski definition) is 6. The molecule has 0 aromatic heterocycles. The number of hydrazone groups is 1. The van der Waals surface area contributed by atoms with Crippen LogP contribution in [-0.4, -0.2) is 30.3 Å². The average molecular weight is 341 g/mol. The molecular formula is C17H15N3O5. The molecule has 0 unspecified atom stereocenters. The zero-order chi connectivity index (χ0) is 17.6. The van der Waals surface area contributed by atoms with Gasteiger partial charge in [-0.1, -0.05) is 12.1 Å². The fourth-order valence-corrected chi connectivity index (χ4v) is 2.28. The van der Waals surface area contributed by atoms with Crippen molar-refractivity contribution < 1.29 is 19.2 Å². The van der Waals surface area contributed by atoms with Gasteiger partial charge in [0.15, 0.2) is 11.5 Å². The first-order valence-electron chi connectivity index (χ1n) is 7.57. The summed E-state index contributed by atoms with van der Waals surface area (Å²) in [5, 5.41) is 14.5. The molecule has 0 spiro atoms. The number of carbonyl (C=O) groups excluding carboxylic acids is 1. The summed E-state index contributed by atoms with van der Waals surface area (Å²) >= 11 is 0. The molecule has 8 heteroatoms. The number of rotatable bonds is 5. The largest absolute Gasteiger partial charge is 0.486 e. The first-order chi connectivity index (χ1) is 12.1. The molecule has 1 aliphatic heterocycles. The number of non-ortho nitro benzene ring substituents is 1. The molecule has 0 fully saturated rings. The molecule has 0 atom stereocenters. The predicted molar refractivity (Wildman–Crippen MR) is 90.0 cm³/mol. The van der Waals surface area contributed by atoms with E-state index in [1.807, 2.05) is 0 Å². The highest BCUT2D eigenvalue weighted by Crippen LogP contribution is 2.30. The summed E-state index contributed by atoms with van der Waals surface area (Å²) in [6.07, 6.45) is 1.59. The lowest BCUT2D eigenvalue weighted by Gasteiger charge is -2.18. The van der Waals surface area contributed by atoms with Gasteiger partial charge in [-0.3, -0.25) is 14.9 Å². The number of hydrogen-bond donors (Lipinski definition) is 1. The topological polar surface area (TPSA) is 103 Å². The number of fused-ring (bicyclic) bond motifs is 1. The highest BCUT2D eigenvalue weighted by atomic mass is 16.6. The Kier molecular flexibility index (Phi) is 4.89. The second-order valence-electron chi connectivity index (χ2n) is 5.30. The smallest absolute Gasteiger partial charge is 0.269 e. The fraction of sp³-hybridized carbons (Fsp3) is 0.176. The zero-order valence-corrected chi connectivity index (χ0v) is 13.2.